The monoisotopic (exact) mass is 386 g/mol. The van der Waals surface area contributed by atoms with Crippen LogP contribution in [-0.4, -0.2) is 31.7 Å². The Morgan fingerprint density at radius 2 is 2.19 bits per heavy atom. The van der Waals surface area contributed by atoms with Crippen LogP contribution in [0.4, 0.5) is 13.8 Å². The van der Waals surface area contributed by atoms with E-state index in [0.29, 0.717) is 29.8 Å². The number of carbonyl (C=O) groups excluding carboxylic acids is 2. The zero-order valence-electron chi connectivity index (χ0n) is 14.6. The Balaban J connectivity index is 2.38. The predicted molar refractivity (Wildman–Crippen MR) is 91.2 cm³/mol. The molecule has 1 N–H and O–H groups in total. The number of hydrogen-bond acceptors (Lipinski definition) is 6. The van der Waals surface area contributed by atoms with E-state index in [2.05, 4.69) is 10.1 Å². The maximum absolute atomic E-state index is 12.5. The highest BCUT2D eigenvalue weighted by atomic mass is 32.1. The molecule has 0 saturated heterocycles. The van der Waals surface area contributed by atoms with Crippen LogP contribution in [0.2, 0.25) is 0 Å². The standard InChI is InChI=1S/C17H20F2N2O4S/c1-3-24-15(23)13-11-4-5-17(6-7-20,9-25-16(18)19)8-12(11)26-14(13)21-10(2)22/h16H,3-6,8-9H2,1-2H3,(H,21,22). The second kappa shape index (κ2) is 8.56. The molecule has 0 fully saturated rings. The number of carbonyl (C=O) groups is 2. The van der Waals surface area contributed by atoms with Crippen LogP contribution in [0.3, 0.4) is 0 Å². The van der Waals surface area contributed by atoms with Crippen LogP contribution in [0.25, 0.3) is 0 Å². The fourth-order valence-corrected chi connectivity index (χ4v) is 4.59. The van der Waals surface area contributed by atoms with E-state index in [4.69, 9.17) is 10.00 Å². The molecule has 2 rings (SSSR count). The first-order chi connectivity index (χ1) is 12.3. The Labute approximate surface area is 154 Å². The average molecular weight is 386 g/mol. The highest BCUT2D eigenvalue weighted by Crippen LogP contribution is 2.46. The smallest absolute Gasteiger partial charge is 0.345 e. The van der Waals surface area contributed by atoms with Crippen molar-refractivity contribution in [1.82, 2.24) is 0 Å². The van der Waals surface area contributed by atoms with Gasteiger partial charge in [0.25, 0.3) is 0 Å². The lowest BCUT2D eigenvalue weighted by atomic mass is 9.72. The maximum atomic E-state index is 12.5. The van der Waals surface area contributed by atoms with Crippen molar-refractivity contribution in [3.63, 3.8) is 0 Å². The fourth-order valence-electron chi connectivity index (χ4n) is 3.14. The summed E-state index contributed by atoms with van der Waals surface area (Å²) in [5.41, 5.74) is 0.341. The summed E-state index contributed by atoms with van der Waals surface area (Å²) in [6.07, 6.45) is 1.26. The molecule has 1 aromatic rings. The molecule has 6 nitrogen and oxygen atoms in total. The van der Waals surface area contributed by atoms with E-state index in [0.717, 1.165) is 10.4 Å². The van der Waals surface area contributed by atoms with Gasteiger partial charge in [-0.25, -0.2) is 4.79 Å². The lowest BCUT2D eigenvalue weighted by Gasteiger charge is -2.35. The van der Waals surface area contributed by atoms with Crippen molar-refractivity contribution in [2.45, 2.75) is 46.1 Å². The van der Waals surface area contributed by atoms with E-state index < -0.39 is 18.0 Å². The second-order valence-electron chi connectivity index (χ2n) is 6.19. The lowest BCUT2D eigenvalue weighted by Crippen LogP contribution is -2.34. The van der Waals surface area contributed by atoms with Gasteiger partial charge < -0.3 is 14.8 Å². The summed E-state index contributed by atoms with van der Waals surface area (Å²) >= 11 is 1.22. The van der Waals surface area contributed by atoms with E-state index in [1.165, 1.54) is 18.3 Å². The highest BCUT2D eigenvalue weighted by Gasteiger charge is 2.39. The van der Waals surface area contributed by atoms with Crippen LogP contribution in [0.1, 0.15) is 47.5 Å². The van der Waals surface area contributed by atoms with Gasteiger partial charge in [-0.2, -0.15) is 14.0 Å². The number of hydrogen-bond donors (Lipinski definition) is 1. The minimum atomic E-state index is -2.90. The lowest BCUT2D eigenvalue weighted by molar-refractivity contribution is -0.153. The third-order valence-electron chi connectivity index (χ3n) is 4.27. The Morgan fingerprint density at radius 3 is 2.77 bits per heavy atom. The van der Waals surface area contributed by atoms with Gasteiger partial charge in [-0.3, -0.25) is 4.79 Å². The van der Waals surface area contributed by atoms with Crippen LogP contribution < -0.4 is 5.32 Å². The van der Waals surface area contributed by atoms with Gasteiger partial charge in [0.05, 0.1) is 24.8 Å². The molecule has 1 amide bonds. The largest absolute Gasteiger partial charge is 0.462 e. The number of nitriles is 1. The molecular formula is C17H20F2N2O4S. The van der Waals surface area contributed by atoms with Gasteiger partial charge in [-0.1, -0.05) is 0 Å². The predicted octanol–water partition coefficient (Wildman–Crippen LogP) is 3.51. The molecule has 1 unspecified atom stereocenters. The zero-order valence-corrected chi connectivity index (χ0v) is 15.4. The number of alkyl halides is 2. The molecule has 1 aromatic heterocycles. The number of nitrogens with zero attached hydrogens (tertiary/aromatic N) is 1. The third-order valence-corrected chi connectivity index (χ3v) is 5.42. The van der Waals surface area contributed by atoms with E-state index in [1.54, 1.807) is 6.92 Å². The molecule has 0 radical (unpaired) electrons. The molecule has 0 bridgehead atoms. The number of rotatable bonds is 7. The Kier molecular flexibility index (Phi) is 6.67. The number of amides is 1. The topological polar surface area (TPSA) is 88.4 Å². The van der Waals surface area contributed by atoms with Crippen molar-refractivity contribution in [2.75, 3.05) is 18.5 Å². The average Bonchev–Trinajstić information content (AvgIpc) is 2.89. The molecule has 0 saturated carbocycles. The first-order valence-electron chi connectivity index (χ1n) is 8.18. The maximum Gasteiger partial charge on any atom is 0.345 e. The molecule has 9 heteroatoms. The number of halogens is 2. The Hall–Kier alpha value is -2.05. The number of ether oxygens (including phenoxy) is 2. The van der Waals surface area contributed by atoms with Crippen molar-refractivity contribution in [1.29, 1.82) is 5.26 Å². The normalized spacial score (nSPS) is 18.9. The number of esters is 1. The number of anilines is 1. The van der Waals surface area contributed by atoms with Gasteiger partial charge in [-0.05, 0) is 31.7 Å². The summed E-state index contributed by atoms with van der Waals surface area (Å²) in [5, 5.41) is 12.1. The van der Waals surface area contributed by atoms with Crippen LogP contribution in [0, 0.1) is 16.7 Å². The van der Waals surface area contributed by atoms with Crippen molar-refractivity contribution >= 4 is 28.2 Å². The van der Waals surface area contributed by atoms with Crippen LogP contribution in [-0.2, 0) is 27.1 Å². The van der Waals surface area contributed by atoms with Crippen molar-refractivity contribution in [3.05, 3.63) is 16.0 Å². The summed E-state index contributed by atoms with van der Waals surface area (Å²) in [4.78, 5) is 24.6. The van der Waals surface area contributed by atoms with Gasteiger partial charge in [0.15, 0.2) is 0 Å². The molecule has 26 heavy (non-hydrogen) atoms. The molecule has 0 aromatic carbocycles. The first kappa shape index (κ1) is 20.3. The van der Waals surface area contributed by atoms with E-state index in [-0.39, 0.29) is 25.5 Å². The minimum absolute atomic E-state index is 0.0707. The summed E-state index contributed by atoms with van der Waals surface area (Å²) in [6.45, 7) is 0.0855. The zero-order chi connectivity index (χ0) is 19.3. The molecule has 1 aliphatic carbocycles. The number of nitrogens with one attached hydrogen (secondary N) is 1. The fraction of sp³-hybridized carbons (Fsp3) is 0.588. The molecule has 1 atom stereocenters. The second-order valence-corrected chi connectivity index (χ2v) is 7.30. The van der Waals surface area contributed by atoms with Gasteiger partial charge >= 0.3 is 12.6 Å². The van der Waals surface area contributed by atoms with Crippen molar-refractivity contribution in [2.24, 2.45) is 5.41 Å². The molecule has 142 valence electrons. The highest BCUT2D eigenvalue weighted by molar-refractivity contribution is 7.17. The van der Waals surface area contributed by atoms with Crippen LogP contribution >= 0.6 is 11.3 Å². The summed E-state index contributed by atoms with van der Waals surface area (Å²) in [5.74, 6) is -0.844. The van der Waals surface area contributed by atoms with Crippen molar-refractivity contribution in [3.8, 4) is 6.07 Å². The molecular weight excluding hydrogens is 366 g/mol. The van der Waals surface area contributed by atoms with Crippen LogP contribution in [0.5, 0.6) is 0 Å². The quantitative estimate of drug-likeness (QED) is 0.725. The Bertz CT molecular complexity index is 729. The number of fused-ring (bicyclic) bond motifs is 1. The molecule has 1 aliphatic rings. The van der Waals surface area contributed by atoms with E-state index >= 15 is 0 Å². The summed E-state index contributed by atoms with van der Waals surface area (Å²) in [7, 11) is 0. The van der Waals surface area contributed by atoms with Gasteiger partial charge in [0, 0.05) is 23.6 Å². The van der Waals surface area contributed by atoms with Crippen LogP contribution in [0.15, 0.2) is 0 Å². The minimum Gasteiger partial charge on any atom is -0.462 e. The van der Waals surface area contributed by atoms with Gasteiger partial charge in [-0.15, -0.1) is 11.3 Å². The van der Waals surface area contributed by atoms with E-state index in [1.807, 2.05) is 6.07 Å². The first-order valence-corrected chi connectivity index (χ1v) is 8.99. The number of thiophene rings is 1. The summed E-state index contributed by atoms with van der Waals surface area (Å²) in [6, 6.07) is 2.05. The molecule has 1 heterocycles. The summed E-state index contributed by atoms with van der Waals surface area (Å²) < 4.78 is 34.6. The molecule has 0 spiro atoms. The third kappa shape index (κ3) is 4.56. The van der Waals surface area contributed by atoms with E-state index in [9.17, 15) is 18.4 Å². The Morgan fingerprint density at radius 1 is 1.46 bits per heavy atom. The van der Waals surface area contributed by atoms with Gasteiger partial charge in [0.2, 0.25) is 5.91 Å². The molecule has 0 aliphatic heterocycles. The SMILES string of the molecule is CCOC(=O)c1c(NC(C)=O)sc2c1CCC(CC#N)(COC(F)F)C2. The van der Waals surface area contributed by atoms with Crippen molar-refractivity contribution < 1.29 is 27.8 Å². The van der Waals surface area contributed by atoms with Gasteiger partial charge in [0.1, 0.15) is 5.00 Å².